The second-order valence-electron chi connectivity index (χ2n) is 19.2. The van der Waals surface area contributed by atoms with Crippen LogP contribution in [0.15, 0.2) is 59.3 Å². The summed E-state index contributed by atoms with van der Waals surface area (Å²) >= 11 is 0. The number of rotatable bonds is 9. The van der Waals surface area contributed by atoms with Crippen LogP contribution in [-0.2, 0) is 56.9 Å². The molecule has 0 radical (unpaired) electrons. The van der Waals surface area contributed by atoms with Crippen molar-refractivity contribution < 1.29 is 67.1 Å². The zero-order valence-electron chi connectivity index (χ0n) is 39.2. The quantitative estimate of drug-likeness (QED) is 0.204. The Balaban J connectivity index is 1.19. The number of carbonyl (C=O) groups is 1. The molecular formula is C49H74O14. The van der Waals surface area contributed by atoms with Gasteiger partial charge in [0.2, 0.25) is 0 Å². The highest BCUT2D eigenvalue weighted by atomic mass is 16.7. The van der Waals surface area contributed by atoms with Crippen LogP contribution in [0.1, 0.15) is 93.9 Å². The molecule has 0 saturated carbocycles. The van der Waals surface area contributed by atoms with Gasteiger partial charge in [-0.25, -0.2) is 0 Å². The molecule has 0 amide bonds. The van der Waals surface area contributed by atoms with E-state index < -0.39 is 90.8 Å². The fourth-order valence-electron chi connectivity index (χ4n) is 10.9. The zero-order chi connectivity index (χ0) is 45.4. The minimum absolute atomic E-state index is 0.0805. The van der Waals surface area contributed by atoms with Gasteiger partial charge in [-0.15, -0.1) is 0 Å². The van der Waals surface area contributed by atoms with E-state index in [1.165, 1.54) is 0 Å². The van der Waals surface area contributed by atoms with Crippen LogP contribution < -0.4 is 0 Å². The Labute approximate surface area is 374 Å². The summed E-state index contributed by atoms with van der Waals surface area (Å²) in [6.07, 6.45) is 9.95. The molecule has 0 aromatic heterocycles. The molecule has 20 atom stereocenters. The van der Waals surface area contributed by atoms with Crippen molar-refractivity contribution in [1.82, 2.24) is 0 Å². The van der Waals surface area contributed by atoms with Gasteiger partial charge >= 0.3 is 5.97 Å². The number of allylic oxidation sites excluding steroid dienone is 2. The van der Waals surface area contributed by atoms with Crippen LogP contribution in [0.5, 0.6) is 0 Å². The summed E-state index contributed by atoms with van der Waals surface area (Å²) in [7, 11) is 4.82. The van der Waals surface area contributed by atoms with Gasteiger partial charge < -0.3 is 62.3 Å². The van der Waals surface area contributed by atoms with E-state index in [1.54, 1.807) is 34.3 Å². The third-order valence-electron chi connectivity index (χ3n) is 14.7. The van der Waals surface area contributed by atoms with E-state index in [9.17, 15) is 15.0 Å². The topological polar surface area (TPSA) is 159 Å². The average Bonchev–Trinajstić information content (AvgIpc) is 3.59. The van der Waals surface area contributed by atoms with Crippen molar-refractivity contribution in [3.05, 3.63) is 59.3 Å². The molecule has 6 heterocycles. The number of ether oxygens (including phenoxy) is 11. The SMILES string of the molecule is CC[C@H](C)[C@H]1O[C@]2(C=C[C@@H]1C)C[C@@H]1C[C@@H](C/C=C(/C)[C@@H](O[C@H]3C[C@H](OC)[C@@H](O[C@H]4C[C@H](OC)[C@@H](O)[C@H](C)O4)[C@H](C)O3)[C@@H](C)/C=C\C=C3\CO[C@@H]4[C@H](OC)C(C)=C[C@@H](C(=O)O1)[C@]34O)O2. The van der Waals surface area contributed by atoms with Gasteiger partial charge in [-0.1, -0.05) is 70.6 Å². The number of fused-ring (bicyclic) bond motifs is 2. The Morgan fingerprint density at radius 1 is 0.857 bits per heavy atom. The lowest BCUT2D eigenvalue weighted by atomic mass is 9.70. The van der Waals surface area contributed by atoms with Crippen LogP contribution in [0.25, 0.3) is 0 Å². The normalized spacial score (nSPS) is 48.6. The molecule has 1 aliphatic carbocycles. The van der Waals surface area contributed by atoms with Crippen LogP contribution in [0.4, 0.5) is 0 Å². The molecule has 7 rings (SSSR count). The molecule has 0 unspecified atom stereocenters. The van der Waals surface area contributed by atoms with Crippen LogP contribution in [0.3, 0.4) is 0 Å². The van der Waals surface area contributed by atoms with Gasteiger partial charge in [-0.2, -0.15) is 0 Å². The van der Waals surface area contributed by atoms with Crippen LogP contribution >= 0.6 is 0 Å². The smallest absolute Gasteiger partial charge is 0.316 e. The van der Waals surface area contributed by atoms with E-state index >= 15 is 0 Å². The number of aliphatic hydroxyl groups excluding tert-OH is 1. The lowest BCUT2D eigenvalue weighted by Gasteiger charge is -2.48. The van der Waals surface area contributed by atoms with Crippen molar-refractivity contribution in [2.75, 3.05) is 27.9 Å². The number of methoxy groups -OCH3 is 3. The highest BCUT2D eigenvalue weighted by Crippen LogP contribution is 2.48. The van der Waals surface area contributed by atoms with Crippen molar-refractivity contribution in [1.29, 1.82) is 0 Å². The molecule has 7 aliphatic rings. The van der Waals surface area contributed by atoms with Gasteiger partial charge in [0, 0.05) is 58.8 Å². The first kappa shape index (κ1) is 48.6. The van der Waals surface area contributed by atoms with E-state index in [-0.39, 0.29) is 42.7 Å². The summed E-state index contributed by atoms with van der Waals surface area (Å²) in [6.45, 7) is 16.4. The van der Waals surface area contributed by atoms with Crippen LogP contribution in [0, 0.1) is 23.7 Å². The minimum Gasteiger partial charge on any atom is -0.462 e. The van der Waals surface area contributed by atoms with Gasteiger partial charge in [0.05, 0.1) is 49.3 Å². The fraction of sp³-hybridized carbons (Fsp3) is 0.776. The van der Waals surface area contributed by atoms with E-state index in [4.69, 9.17) is 52.1 Å². The lowest BCUT2D eigenvalue weighted by Crippen LogP contribution is -2.58. The first-order valence-corrected chi connectivity index (χ1v) is 23.2. The zero-order valence-corrected chi connectivity index (χ0v) is 39.2. The summed E-state index contributed by atoms with van der Waals surface area (Å²) in [5.41, 5.74) is 0.626. The van der Waals surface area contributed by atoms with E-state index in [0.29, 0.717) is 37.7 Å². The average molecular weight is 887 g/mol. The van der Waals surface area contributed by atoms with Crippen molar-refractivity contribution in [2.45, 2.75) is 191 Å². The fourth-order valence-corrected chi connectivity index (χ4v) is 10.9. The van der Waals surface area contributed by atoms with Gasteiger partial charge in [0.25, 0.3) is 0 Å². The first-order chi connectivity index (χ1) is 30.0. The maximum atomic E-state index is 14.5. The van der Waals surface area contributed by atoms with Crippen molar-refractivity contribution in [2.24, 2.45) is 23.7 Å². The maximum Gasteiger partial charge on any atom is 0.316 e. The Bertz CT molecular complexity index is 1740. The molecule has 4 saturated heterocycles. The van der Waals surface area contributed by atoms with E-state index in [2.05, 4.69) is 46.8 Å². The van der Waals surface area contributed by atoms with Gasteiger partial charge in [0.1, 0.15) is 42.0 Å². The summed E-state index contributed by atoms with van der Waals surface area (Å²) in [4.78, 5) is 14.5. The molecular weight excluding hydrogens is 813 g/mol. The first-order valence-electron chi connectivity index (χ1n) is 23.2. The standard InChI is InChI=1S/C49H74O14/c1-12-26(2)43-29(5)18-19-48(63-43)24-35-21-34(62-48)17-16-28(4)42(60-40-23-38(54-10)45(32(8)58-40)61-39-22-37(53-9)41(50)31(7)57-39)27(3)14-13-15-33-25-56-46-44(55-11)30(6)20-36(47(51)59-35)49(33,46)52/h13-16,18-20,26-27,29,31-32,34-46,50,52H,12,17,21-25H2,1-11H3/b14-13-,28-16-,33-15-/t26-,27-,29-,31-,32-,34+,35-,36-,37-,38-,39-,40-,41-,42-,43+,44+,45-,46+,48+,49+/m0/s1. The summed E-state index contributed by atoms with van der Waals surface area (Å²) < 4.78 is 70.0. The maximum absolute atomic E-state index is 14.5. The number of esters is 1. The van der Waals surface area contributed by atoms with Crippen molar-refractivity contribution >= 4 is 5.97 Å². The molecule has 0 aromatic rings. The van der Waals surface area contributed by atoms with Crippen molar-refractivity contribution in [3.63, 3.8) is 0 Å². The molecule has 2 N–H and O–H groups in total. The Morgan fingerprint density at radius 3 is 2.29 bits per heavy atom. The summed E-state index contributed by atoms with van der Waals surface area (Å²) in [5, 5.41) is 23.2. The predicted octanol–water partition coefficient (Wildman–Crippen LogP) is 6.03. The van der Waals surface area contributed by atoms with Crippen molar-refractivity contribution in [3.8, 4) is 0 Å². The number of hydrogen-bond donors (Lipinski definition) is 2. The largest absolute Gasteiger partial charge is 0.462 e. The molecule has 14 nitrogen and oxygen atoms in total. The number of carbonyl (C=O) groups excluding carboxylic acids is 1. The molecule has 63 heavy (non-hydrogen) atoms. The molecule has 354 valence electrons. The second kappa shape index (κ2) is 20.3. The monoisotopic (exact) mass is 887 g/mol. The summed E-state index contributed by atoms with van der Waals surface area (Å²) in [5.74, 6) is -2.35. The lowest BCUT2D eigenvalue weighted by molar-refractivity contribution is -0.318. The Morgan fingerprint density at radius 2 is 1.57 bits per heavy atom. The molecule has 14 heteroatoms. The minimum atomic E-state index is -1.71. The number of hydrogen-bond acceptors (Lipinski definition) is 14. The van der Waals surface area contributed by atoms with Gasteiger partial charge in [0.15, 0.2) is 18.4 Å². The molecule has 1 spiro atoms. The van der Waals surface area contributed by atoms with Gasteiger partial charge in [-0.05, 0) is 62.8 Å². The Kier molecular flexibility index (Phi) is 15.7. The van der Waals surface area contributed by atoms with Crippen LogP contribution in [0.2, 0.25) is 0 Å². The molecule has 4 fully saturated rings. The van der Waals surface area contributed by atoms with E-state index in [0.717, 1.165) is 17.6 Å². The second-order valence-corrected chi connectivity index (χ2v) is 19.2. The van der Waals surface area contributed by atoms with Gasteiger partial charge in [-0.3, -0.25) is 4.79 Å². The predicted molar refractivity (Wildman–Crippen MR) is 232 cm³/mol. The third kappa shape index (κ3) is 10.0. The summed E-state index contributed by atoms with van der Waals surface area (Å²) in [6, 6.07) is 0. The van der Waals surface area contributed by atoms with E-state index in [1.807, 2.05) is 38.2 Å². The molecule has 2 bridgehead atoms. The number of aliphatic hydroxyl groups is 2. The molecule has 0 aromatic carbocycles. The Hall–Kier alpha value is -2.31. The third-order valence-corrected chi connectivity index (χ3v) is 14.7. The molecule has 6 aliphatic heterocycles. The van der Waals surface area contributed by atoms with Crippen LogP contribution in [-0.4, -0.2) is 141 Å². The highest BCUT2D eigenvalue weighted by Gasteiger charge is 2.60. The highest BCUT2D eigenvalue weighted by molar-refractivity contribution is 5.78.